The Balaban J connectivity index is 2.23. The topological polar surface area (TPSA) is 26.0 Å². The van der Waals surface area contributed by atoms with Crippen molar-refractivity contribution in [2.24, 2.45) is 5.73 Å². The molecule has 0 aliphatic rings. The summed E-state index contributed by atoms with van der Waals surface area (Å²) in [6.07, 6.45) is 0. The number of halogens is 3. The summed E-state index contributed by atoms with van der Waals surface area (Å²) in [4.78, 5) is 0. The molecule has 1 unspecified atom stereocenters. The third-order valence-corrected chi connectivity index (χ3v) is 4.54. The summed E-state index contributed by atoms with van der Waals surface area (Å²) in [7, 11) is 0. The minimum Gasteiger partial charge on any atom is -0.320 e. The Morgan fingerprint density at radius 2 is 1.29 bits per heavy atom. The molecule has 2 N–H and O–H groups in total. The van der Waals surface area contributed by atoms with Crippen LogP contribution < -0.4 is 5.73 Å². The van der Waals surface area contributed by atoms with Crippen LogP contribution in [-0.2, 0) is 0 Å². The van der Waals surface area contributed by atoms with Crippen molar-refractivity contribution in [3.63, 3.8) is 0 Å². The molecule has 0 radical (unpaired) electrons. The van der Waals surface area contributed by atoms with Crippen LogP contribution in [0, 0.1) is 0 Å². The van der Waals surface area contributed by atoms with E-state index in [9.17, 15) is 0 Å². The van der Waals surface area contributed by atoms with E-state index in [1.165, 1.54) is 0 Å². The smallest absolute Gasteiger partial charge is 0.0587 e. The SMILES string of the molecule is NC(c1c(Cl)cccc1Cl)c1ccc(Cl)c2ccccc12. The molecule has 1 nitrogen and oxygen atoms in total. The molecule has 1 atom stereocenters. The van der Waals surface area contributed by atoms with Crippen LogP contribution in [0.15, 0.2) is 54.6 Å². The molecule has 0 aromatic heterocycles. The van der Waals surface area contributed by atoms with E-state index >= 15 is 0 Å². The zero-order valence-corrected chi connectivity index (χ0v) is 13.3. The molecule has 0 amide bonds. The van der Waals surface area contributed by atoms with Gasteiger partial charge in [-0.25, -0.2) is 0 Å². The van der Waals surface area contributed by atoms with Crippen LogP contribution in [0.4, 0.5) is 0 Å². The molecule has 0 bridgehead atoms. The van der Waals surface area contributed by atoms with Gasteiger partial charge >= 0.3 is 0 Å². The lowest BCUT2D eigenvalue weighted by molar-refractivity contribution is 0.881. The van der Waals surface area contributed by atoms with Gasteiger partial charge in [-0.15, -0.1) is 0 Å². The Hall–Kier alpha value is -1.25. The third kappa shape index (κ3) is 2.63. The molecule has 3 aromatic rings. The first-order valence-electron chi connectivity index (χ1n) is 6.46. The van der Waals surface area contributed by atoms with E-state index < -0.39 is 6.04 Å². The first-order valence-corrected chi connectivity index (χ1v) is 7.59. The number of benzene rings is 3. The van der Waals surface area contributed by atoms with Crippen molar-refractivity contribution < 1.29 is 0 Å². The van der Waals surface area contributed by atoms with E-state index in [-0.39, 0.29) is 0 Å². The van der Waals surface area contributed by atoms with Crippen molar-refractivity contribution in [3.05, 3.63) is 80.8 Å². The van der Waals surface area contributed by atoms with E-state index in [0.29, 0.717) is 15.1 Å². The standard InChI is InChI=1S/C17H12Cl3N/c18-13-9-8-12(10-4-1-2-5-11(10)13)17(21)16-14(19)6-3-7-15(16)20/h1-9,17H,21H2. The van der Waals surface area contributed by atoms with Gasteiger partial charge in [0.2, 0.25) is 0 Å². The number of hydrogen-bond acceptors (Lipinski definition) is 1. The van der Waals surface area contributed by atoms with Gasteiger partial charge in [0.05, 0.1) is 6.04 Å². The zero-order chi connectivity index (χ0) is 15.0. The largest absolute Gasteiger partial charge is 0.320 e. The Morgan fingerprint density at radius 1 is 0.667 bits per heavy atom. The lowest BCUT2D eigenvalue weighted by Crippen LogP contribution is -2.13. The highest BCUT2D eigenvalue weighted by Gasteiger charge is 2.18. The molecular weight excluding hydrogens is 325 g/mol. The highest BCUT2D eigenvalue weighted by atomic mass is 35.5. The van der Waals surface area contributed by atoms with Crippen molar-refractivity contribution in [1.82, 2.24) is 0 Å². The Bertz CT molecular complexity index is 794. The van der Waals surface area contributed by atoms with Crippen LogP contribution in [0.3, 0.4) is 0 Å². The van der Waals surface area contributed by atoms with Gasteiger partial charge in [-0.1, -0.05) is 71.2 Å². The van der Waals surface area contributed by atoms with Gasteiger partial charge in [0.1, 0.15) is 0 Å². The summed E-state index contributed by atoms with van der Waals surface area (Å²) in [5.74, 6) is 0. The van der Waals surface area contributed by atoms with Crippen LogP contribution in [0.1, 0.15) is 17.2 Å². The summed E-state index contributed by atoms with van der Waals surface area (Å²) in [5, 5.41) is 3.80. The molecule has 0 saturated heterocycles. The maximum atomic E-state index is 6.42. The summed E-state index contributed by atoms with van der Waals surface area (Å²) >= 11 is 18.8. The van der Waals surface area contributed by atoms with Gasteiger partial charge in [-0.05, 0) is 29.1 Å². The summed E-state index contributed by atoms with van der Waals surface area (Å²) in [6.45, 7) is 0. The maximum absolute atomic E-state index is 6.42. The molecular formula is C17H12Cl3N. The summed E-state index contributed by atoms with van der Waals surface area (Å²) in [5.41, 5.74) is 8.10. The minimum absolute atomic E-state index is 0.409. The molecule has 3 rings (SSSR count). The Morgan fingerprint density at radius 3 is 1.95 bits per heavy atom. The van der Waals surface area contributed by atoms with E-state index in [1.807, 2.05) is 36.4 Å². The van der Waals surface area contributed by atoms with E-state index in [2.05, 4.69) is 0 Å². The maximum Gasteiger partial charge on any atom is 0.0587 e. The van der Waals surface area contributed by atoms with Crippen molar-refractivity contribution >= 4 is 45.6 Å². The van der Waals surface area contributed by atoms with E-state index in [0.717, 1.165) is 21.9 Å². The van der Waals surface area contributed by atoms with Gasteiger partial charge in [0, 0.05) is 26.0 Å². The van der Waals surface area contributed by atoms with Crippen LogP contribution >= 0.6 is 34.8 Å². The fourth-order valence-corrected chi connectivity index (χ4v) is 3.38. The van der Waals surface area contributed by atoms with Crippen molar-refractivity contribution in [3.8, 4) is 0 Å². The number of fused-ring (bicyclic) bond motifs is 1. The molecule has 0 spiro atoms. The average Bonchev–Trinajstić information content (AvgIpc) is 2.47. The second-order valence-corrected chi connectivity index (χ2v) is 6.02. The van der Waals surface area contributed by atoms with Crippen LogP contribution in [0.2, 0.25) is 15.1 Å². The molecule has 0 fully saturated rings. The molecule has 0 aliphatic heterocycles. The van der Waals surface area contributed by atoms with Gasteiger partial charge in [-0.3, -0.25) is 0 Å². The molecule has 0 aliphatic carbocycles. The third-order valence-electron chi connectivity index (χ3n) is 3.55. The van der Waals surface area contributed by atoms with Crippen molar-refractivity contribution in [2.45, 2.75) is 6.04 Å². The van der Waals surface area contributed by atoms with Crippen molar-refractivity contribution in [1.29, 1.82) is 0 Å². The highest BCUT2D eigenvalue weighted by Crippen LogP contribution is 2.36. The lowest BCUT2D eigenvalue weighted by atomic mass is 9.94. The van der Waals surface area contributed by atoms with E-state index in [1.54, 1.807) is 18.2 Å². The molecule has 21 heavy (non-hydrogen) atoms. The molecule has 4 heteroatoms. The van der Waals surface area contributed by atoms with Crippen molar-refractivity contribution in [2.75, 3.05) is 0 Å². The van der Waals surface area contributed by atoms with Crippen LogP contribution in [0.5, 0.6) is 0 Å². The van der Waals surface area contributed by atoms with Gasteiger partial charge in [0.15, 0.2) is 0 Å². The highest BCUT2D eigenvalue weighted by molar-refractivity contribution is 6.36. The Kier molecular flexibility index (Phi) is 4.10. The normalized spacial score (nSPS) is 12.6. The minimum atomic E-state index is -0.409. The number of nitrogens with two attached hydrogens (primary N) is 1. The quantitative estimate of drug-likeness (QED) is 0.624. The summed E-state index contributed by atoms with van der Waals surface area (Å²) < 4.78 is 0. The Labute approximate surface area is 138 Å². The van der Waals surface area contributed by atoms with E-state index in [4.69, 9.17) is 40.5 Å². The van der Waals surface area contributed by atoms with Gasteiger partial charge in [-0.2, -0.15) is 0 Å². The number of rotatable bonds is 2. The fourth-order valence-electron chi connectivity index (χ4n) is 2.52. The second kappa shape index (κ2) is 5.86. The van der Waals surface area contributed by atoms with Gasteiger partial charge < -0.3 is 5.73 Å². The predicted molar refractivity (Wildman–Crippen MR) is 91.5 cm³/mol. The first-order chi connectivity index (χ1) is 10.1. The predicted octanol–water partition coefficient (Wildman–Crippen LogP) is 5.85. The molecule has 106 valence electrons. The average molecular weight is 337 g/mol. The zero-order valence-electron chi connectivity index (χ0n) is 11.0. The van der Waals surface area contributed by atoms with Crippen LogP contribution in [-0.4, -0.2) is 0 Å². The first kappa shape index (κ1) is 14.7. The fraction of sp³-hybridized carbons (Fsp3) is 0.0588. The number of hydrogen-bond donors (Lipinski definition) is 1. The molecule has 3 aromatic carbocycles. The monoisotopic (exact) mass is 335 g/mol. The lowest BCUT2D eigenvalue weighted by Gasteiger charge is -2.18. The molecule has 0 saturated carbocycles. The van der Waals surface area contributed by atoms with Gasteiger partial charge in [0.25, 0.3) is 0 Å². The van der Waals surface area contributed by atoms with Crippen LogP contribution in [0.25, 0.3) is 10.8 Å². The molecule has 0 heterocycles. The summed E-state index contributed by atoms with van der Waals surface area (Å²) in [6, 6.07) is 16.6. The second-order valence-electron chi connectivity index (χ2n) is 4.80.